The average molecular weight is 318 g/mol. The number of nitrogens with zero attached hydrogens (tertiary/aromatic N) is 3. The first-order valence-corrected chi connectivity index (χ1v) is 7.57. The van der Waals surface area contributed by atoms with Gasteiger partial charge in [0.05, 0.1) is 19.7 Å². The zero-order chi connectivity index (χ0) is 16.8. The lowest BCUT2D eigenvalue weighted by Gasteiger charge is -2.22. The van der Waals surface area contributed by atoms with Crippen LogP contribution in [0, 0.1) is 0 Å². The first-order valence-electron chi connectivity index (χ1n) is 7.57. The second-order valence-corrected chi connectivity index (χ2v) is 5.43. The van der Waals surface area contributed by atoms with Crippen LogP contribution in [0.25, 0.3) is 11.4 Å². The fourth-order valence-electron chi connectivity index (χ4n) is 2.10. The minimum Gasteiger partial charge on any atom is -0.494 e. The van der Waals surface area contributed by atoms with E-state index in [-0.39, 0.29) is 18.5 Å². The van der Waals surface area contributed by atoms with Crippen LogP contribution < -0.4 is 10.5 Å². The smallest absolute Gasteiger partial charge is 0.241 e. The largest absolute Gasteiger partial charge is 0.494 e. The number of carbonyl (C=O) groups excluding carboxylic acids is 1. The highest BCUT2D eigenvalue weighted by Crippen LogP contribution is 2.20. The number of primary amides is 1. The van der Waals surface area contributed by atoms with E-state index < -0.39 is 0 Å². The van der Waals surface area contributed by atoms with Crippen molar-refractivity contribution in [3.63, 3.8) is 0 Å². The van der Waals surface area contributed by atoms with Crippen molar-refractivity contribution in [2.45, 2.75) is 33.4 Å². The highest BCUT2D eigenvalue weighted by Gasteiger charge is 2.17. The maximum Gasteiger partial charge on any atom is 0.241 e. The normalized spacial score (nSPS) is 11.2. The van der Waals surface area contributed by atoms with E-state index in [1.807, 2.05) is 49.9 Å². The molecule has 0 saturated heterocycles. The molecule has 0 atom stereocenters. The molecular weight excluding hydrogens is 296 g/mol. The average Bonchev–Trinajstić information content (AvgIpc) is 2.96. The molecule has 7 nitrogen and oxygen atoms in total. The topological polar surface area (TPSA) is 94.5 Å². The van der Waals surface area contributed by atoms with Crippen molar-refractivity contribution < 1.29 is 14.1 Å². The van der Waals surface area contributed by atoms with Crippen LogP contribution in [-0.4, -0.2) is 40.1 Å². The van der Waals surface area contributed by atoms with E-state index in [2.05, 4.69) is 10.1 Å². The molecule has 2 N–H and O–H groups in total. The number of rotatable bonds is 8. The molecule has 0 saturated carbocycles. The van der Waals surface area contributed by atoms with Crippen molar-refractivity contribution >= 4 is 5.91 Å². The molecule has 124 valence electrons. The Bertz CT molecular complexity index is 637. The Hall–Kier alpha value is -2.41. The summed E-state index contributed by atoms with van der Waals surface area (Å²) in [5, 5.41) is 3.98. The van der Waals surface area contributed by atoms with Gasteiger partial charge in [-0.05, 0) is 45.0 Å². The molecule has 1 heterocycles. The van der Waals surface area contributed by atoms with E-state index in [0.29, 0.717) is 24.9 Å². The van der Waals surface area contributed by atoms with Crippen LogP contribution in [-0.2, 0) is 11.3 Å². The number of hydrogen-bond donors (Lipinski definition) is 1. The fourth-order valence-corrected chi connectivity index (χ4v) is 2.10. The van der Waals surface area contributed by atoms with E-state index in [0.717, 1.165) is 11.3 Å². The molecule has 23 heavy (non-hydrogen) atoms. The standard InChI is InChI=1S/C16H22N4O3/c1-4-22-13-7-5-12(6-8-13)16-18-15(23-19-16)10-20(11(2)3)9-14(17)21/h5-8,11H,4,9-10H2,1-3H3,(H2,17,21). The summed E-state index contributed by atoms with van der Waals surface area (Å²) in [6, 6.07) is 7.63. The third kappa shape index (κ3) is 4.79. The lowest BCUT2D eigenvalue weighted by molar-refractivity contribution is -0.119. The van der Waals surface area contributed by atoms with Gasteiger partial charge in [-0.2, -0.15) is 4.98 Å². The lowest BCUT2D eigenvalue weighted by atomic mass is 10.2. The van der Waals surface area contributed by atoms with Crippen molar-refractivity contribution in [2.24, 2.45) is 5.73 Å². The Morgan fingerprint density at radius 2 is 2.04 bits per heavy atom. The molecular formula is C16H22N4O3. The molecule has 7 heteroatoms. The summed E-state index contributed by atoms with van der Waals surface area (Å²) in [6.45, 7) is 7.05. The number of amides is 1. The summed E-state index contributed by atoms with van der Waals surface area (Å²) < 4.78 is 10.7. The quantitative estimate of drug-likeness (QED) is 0.798. The Balaban J connectivity index is 2.08. The molecule has 0 spiro atoms. The maximum absolute atomic E-state index is 11.1. The zero-order valence-electron chi connectivity index (χ0n) is 13.7. The first kappa shape index (κ1) is 17.0. The molecule has 0 fully saturated rings. The number of hydrogen-bond acceptors (Lipinski definition) is 6. The van der Waals surface area contributed by atoms with Gasteiger partial charge in [-0.1, -0.05) is 5.16 Å². The van der Waals surface area contributed by atoms with E-state index in [1.54, 1.807) is 0 Å². The summed E-state index contributed by atoms with van der Waals surface area (Å²) in [7, 11) is 0. The van der Waals surface area contributed by atoms with E-state index in [4.69, 9.17) is 15.0 Å². The Morgan fingerprint density at radius 1 is 1.35 bits per heavy atom. The SMILES string of the molecule is CCOc1ccc(-c2noc(CN(CC(N)=O)C(C)C)n2)cc1. The minimum atomic E-state index is -0.384. The van der Waals surface area contributed by atoms with Crippen molar-refractivity contribution in [2.75, 3.05) is 13.2 Å². The molecule has 0 radical (unpaired) electrons. The van der Waals surface area contributed by atoms with E-state index in [1.165, 1.54) is 0 Å². The third-order valence-electron chi connectivity index (χ3n) is 3.32. The molecule has 2 aromatic rings. The number of nitrogens with two attached hydrogens (primary N) is 1. The predicted molar refractivity (Wildman–Crippen MR) is 85.6 cm³/mol. The Morgan fingerprint density at radius 3 is 2.61 bits per heavy atom. The van der Waals surface area contributed by atoms with E-state index in [9.17, 15) is 4.79 Å². The van der Waals surface area contributed by atoms with Gasteiger partial charge in [0.15, 0.2) is 0 Å². The second-order valence-electron chi connectivity index (χ2n) is 5.43. The van der Waals surface area contributed by atoms with Crippen LogP contribution in [0.3, 0.4) is 0 Å². The van der Waals surface area contributed by atoms with Gasteiger partial charge in [0.2, 0.25) is 17.6 Å². The van der Waals surface area contributed by atoms with Crippen molar-refractivity contribution in [3.05, 3.63) is 30.2 Å². The number of carbonyl (C=O) groups is 1. The molecule has 1 amide bonds. The van der Waals surface area contributed by atoms with Gasteiger partial charge in [-0.3, -0.25) is 9.69 Å². The minimum absolute atomic E-state index is 0.142. The highest BCUT2D eigenvalue weighted by molar-refractivity contribution is 5.75. The van der Waals surface area contributed by atoms with E-state index >= 15 is 0 Å². The zero-order valence-corrected chi connectivity index (χ0v) is 13.7. The van der Waals surface area contributed by atoms with Crippen LogP contribution in [0.4, 0.5) is 0 Å². The highest BCUT2D eigenvalue weighted by atomic mass is 16.5. The summed E-state index contributed by atoms with van der Waals surface area (Å²) in [5.41, 5.74) is 6.10. The van der Waals surface area contributed by atoms with Crippen LogP contribution in [0.15, 0.2) is 28.8 Å². The number of ether oxygens (including phenoxy) is 1. The monoisotopic (exact) mass is 318 g/mol. The van der Waals surface area contributed by atoms with Gasteiger partial charge in [-0.15, -0.1) is 0 Å². The van der Waals surface area contributed by atoms with Gasteiger partial charge in [0.1, 0.15) is 5.75 Å². The Labute approximate surface area is 135 Å². The summed E-state index contributed by atoms with van der Waals surface area (Å²) in [5.74, 6) is 1.37. The molecule has 1 aromatic heterocycles. The molecule has 1 aromatic carbocycles. The van der Waals surface area contributed by atoms with Crippen LogP contribution in [0.5, 0.6) is 5.75 Å². The van der Waals surface area contributed by atoms with Crippen LogP contribution in [0.1, 0.15) is 26.7 Å². The van der Waals surface area contributed by atoms with Gasteiger partial charge in [0.25, 0.3) is 0 Å². The van der Waals surface area contributed by atoms with Gasteiger partial charge in [0, 0.05) is 11.6 Å². The van der Waals surface area contributed by atoms with Crippen LogP contribution in [0.2, 0.25) is 0 Å². The van der Waals surface area contributed by atoms with Crippen molar-refractivity contribution in [1.29, 1.82) is 0 Å². The Kier molecular flexibility index (Phi) is 5.70. The fraction of sp³-hybridized carbons (Fsp3) is 0.438. The van der Waals surface area contributed by atoms with Gasteiger partial charge >= 0.3 is 0 Å². The van der Waals surface area contributed by atoms with Gasteiger partial charge < -0.3 is 15.0 Å². The third-order valence-corrected chi connectivity index (χ3v) is 3.32. The second kappa shape index (κ2) is 7.73. The number of benzene rings is 1. The lowest BCUT2D eigenvalue weighted by Crippen LogP contribution is -2.38. The predicted octanol–water partition coefficient (Wildman–Crippen LogP) is 1.83. The first-order chi connectivity index (χ1) is 11.0. The van der Waals surface area contributed by atoms with Gasteiger partial charge in [-0.25, -0.2) is 0 Å². The summed E-state index contributed by atoms with van der Waals surface area (Å²) in [4.78, 5) is 17.4. The molecule has 0 aliphatic rings. The number of aromatic nitrogens is 2. The summed E-state index contributed by atoms with van der Waals surface area (Å²) >= 11 is 0. The molecule has 0 bridgehead atoms. The summed E-state index contributed by atoms with van der Waals surface area (Å²) in [6.07, 6.45) is 0. The van der Waals surface area contributed by atoms with Crippen LogP contribution >= 0.6 is 0 Å². The molecule has 0 aliphatic heterocycles. The molecule has 2 rings (SSSR count). The molecule has 0 unspecified atom stereocenters. The van der Waals surface area contributed by atoms with Crippen molar-refractivity contribution in [3.8, 4) is 17.1 Å². The molecule has 0 aliphatic carbocycles. The van der Waals surface area contributed by atoms with Crippen molar-refractivity contribution in [1.82, 2.24) is 15.0 Å². The maximum atomic E-state index is 11.1.